The summed E-state index contributed by atoms with van der Waals surface area (Å²) in [5.41, 5.74) is 2.04. The molecule has 92 valence electrons. The van der Waals surface area contributed by atoms with E-state index in [4.69, 9.17) is 16.7 Å². The van der Waals surface area contributed by atoms with Crippen LogP contribution in [-0.2, 0) is 6.61 Å². The van der Waals surface area contributed by atoms with Crippen LogP contribution in [0.3, 0.4) is 0 Å². The number of aliphatic hydroxyl groups is 1. The summed E-state index contributed by atoms with van der Waals surface area (Å²) in [5.74, 6) is 0.895. The molecule has 1 aromatic carbocycles. The first-order valence-corrected chi connectivity index (χ1v) is 6.81. The van der Waals surface area contributed by atoms with Crippen molar-refractivity contribution in [2.45, 2.75) is 38.3 Å². The van der Waals surface area contributed by atoms with Crippen molar-refractivity contribution < 1.29 is 5.11 Å². The van der Waals surface area contributed by atoms with Gasteiger partial charge in [0.05, 0.1) is 6.61 Å². The number of anilines is 1. The maximum absolute atomic E-state index is 9.13. The average molecular weight is 252 g/mol. The molecule has 0 amide bonds. The number of aliphatic hydroxyl groups excluding tert-OH is 1. The standard InChI is InChI=1S/C14H18ClNO/c15-14-7-13(4-3-11(14)9-17)16(12-5-6-12)8-10-1-2-10/h3-4,7,10,12,17H,1-2,5-6,8-9H2. The molecular formula is C14H18ClNO. The quantitative estimate of drug-likeness (QED) is 0.869. The molecule has 3 rings (SSSR count). The Morgan fingerprint density at radius 2 is 2.00 bits per heavy atom. The fourth-order valence-corrected chi connectivity index (χ4v) is 2.51. The smallest absolute Gasteiger partial charge is 0.0696 e. The molecule has 0 bridgehead atoms. The monoisotopic (exact) mass is 251 g/mol. The number of halogens is 1. The third kappa shape index (κ3) is 2.58. The molecule has 2 aliphatic rings. The molecule has 3 heteroatoms. The Labute approximate surface area is 107 Å². The van der Waals surface area contributed by atoms with Gasteiger partial charge in [0.1, 0.15) is 0 Å². The van der Waals surface area contributed by atoms with Gasteiger partial charge in [-0.2, -0.15) is 0 Å². The second-order valence-electron chi connectivity index (χ2n) is 5.26. The maximum Gasteiger partial charge on any atom is 0.0696 e. The SMILES string of the molecule is OCc1ccc(N(CC2CC2)C2CC2)cc1Cl. The van der Waals surface area contributed by atoms with E-state index in [2.05, 4.69) is 11.0 Å². The van der Waals surface area contributed by atoms with Gasteiger partial charge in [0, 0.05) is 23.3 Å². The highest BCUT2D eigenvalue weighted by Gasteiger charge is 2.33. The molecule has 1 N–H and O–H groups in total. The fourth-order valence-electron chi connectivity index (χ4n) is 2.27. The Kier molecular flexibility index (Phi) is 3.01. The Bertz CT molecular complexity index is 413. The topological polar surface area (TPSA) is 23.5 Å². The number of hydrogen-bond donors (Lipinski definition) is 1. The van der Waals surface area contributed by atoms with Gasteiger partial charge in [-0.05, 0) is 49.3 Å². The minimum Gasteiger partial charge on any atom is -0.392 e. The van der Waals surface area contributed by atoms with Gasteiger partial charge >= 0.3 is 0 Å². The summed E-state index contributed by atoms with van der Waals surface area (Å²) in [6.07, 6.45) is 5.38. The minimum atomic E-state index is 0.0190. The molecule has 0 spiro atoms. The largest absolute Gasteiger partial charge is 0.392 e. The van der Waals surface area contributed by atoms with Gasteiger partial charge in [-0.3, -0.25) is 0 Å². The Hall–Kier alpha value is -0.730. The molecule has 2 fully saturated rings. The second kappa shape index (κ2) is 4.51. The van der Waals surface area contributed by atoms with Crippen LogP contribution in [0.5, 0.6) is 0 Å². The van der Waals surface area contributed by atoms with E-state index in [1.807, 2.05) is 12.1 Å². The highest BCUT2D eigenvalue weighted by atomic mass is 35.5. The van der Waals surface area contributed by atoms with Crippen molar-refractivity contribution in [1.29, 1.82) is 0 Å². The van der Waals surface area contributed by atoms with Crippen molar-refractivity contribution >= 4 is 17.3 Å². The lowest BCUT2D eigenvalue weighted by molar-refractivity contribution is 0.282. The first-order chi connectivity index (χ1) is 8.28. The summed E-state index contributed by atoms with van der Waals surface area (Å²) >= 11 is 6.16. The molecule has 0 aromatic heterocycles. The lowest BCUT2D eigenvalue weighted by Crippen LogP contribution is -2.27. The van der Waals surface area contributed by atoms with E-state index < -0.39 is 0 Å². The van der Waals surface area contributed by atoms with E-state index in [0.717, 1.165) is 17.5 Å². The molecule has 0 saturated heterocycles. The van der Waals surface area contributed by atoms with Gasteiger partial charge in [0.2, 0.25) is 0 Å². The van der Waals surface area contributed by atoms with E-state index in [0.29, 0.717) is 5.02 Å². The Morgan fingerprint density at radius 3 is 2.53 bits per heavy atom. The molecule has 0 atom stereocenters. The predicted molar refractivity (Wildman–Crippen MR) is 70.5 cm³/mol. The van der Waals surface area contributed by atoms with Gasteiger partial charge in [-0.15, -0.1) is 0 Å². The molecule has 0 heterocycles. The lowest BCUT2D eigenvalue weighted by Gasteiger charge is -2.25. The van der Waals surface area contributed by atoms with Gasteiger partial charge in [0.15, 0.2) is 0 Å². The zero-order valence-electron chi connectivity index (χ0n) is 9.90. The molecule has 17 heavy (non-hydrogen) atoms. The molecule has 0 aliphatic heterocycles. The van der Waals surface area contributed by atoms with Crippen molar-refractivity contribution in [3.63, 3.8) is 0 Å². The molecule has 2 saturated carbocycles. The molecule has 1 aromatic rings. The fraction of sp³-hybridized carbons (Fsp3) is 0.571. The normalized spacial score (nSPS) is 19.4. The summed E-state index contributed by atoms with van der Waals surface area (Å²) in [4.78, 5) is 2.50. The van der Waals surface area contributed by atoms with Crippen LogP contribution in [0, 0.1) is 5.92 Å². The van der Waals surface area contributed by atoms with E-state index >= 15 is 0 Å². The lowest BCUT2D eigenvalue weighted by atomic mass is 10.2. The summed E-state index contributed by atoms with van der Waals surface area (Å²) in [6.45, 7) is 1.20. The number of nitrogens with zero attached hydrogens (tertiary/aromatic N) is 1. The maximum atomic E-state index is 9.13. The van der Waals surface area contributed by atoms with Gasteiger partial charge in [-0.1, -0.05) is 17.7 Å². The van der Waals surface area contributed by atoms with Crippen LogP contribution in [0.25, 0.3) is 0 Å². The first kappa shape index (κ1) is 11.4. The molecule has 2 aliphatic carbocycles. The van der Waals surface area contributed by atoms with Gasteiger partial charge < -0.3 is 10.0 Å². The van der Waals surface area contributed by atoms with Gasteiger partial charge in [-0.25, -0.2) is 0 Å². The van der Waals surface area contributed by atoms with Crippen LogP contribution < -0.4 is 4.90 Å². The summed E-state index contributed by atoms with van der Waals surface area (Å²) in [6, 6.07) is 6.78. The second-order valence-corrected chi connectivity index (χ2v) is 5.67. The van der Waals surface area contributed by atoms with Crippen LogP contribution in [0.4, 0.5) is 5.69 Å². The van der Waals surface area contributed by atoms with Gasteiger partial charge in [0.25, 0.3) is 0 Å². The average Bonchev–Trinajstić information content (AvgIpc) is 3.17. The van der Waals surface area contributed by atoms with Crippen molar-refractivity contribution in [3.8, 4) is 0 Å². The van der Waals surface area contributed by atoms with E-state index in [9.17, 15) is 0 Å². The summed E-state index contributed by atoms with van der Waals surface area (Å²) in [5, 5.41) is 9.81. The summed E-state index contributed by atoms with van der Waals surface area (Å²) in [7, 11) is 0. The van der Waals surface area contributed by atoms with Crippen molar-refractivity contribution in [3.05, 3.63) is 28.8 Å². The van der Waals surface area contributed by atoms with Crippen LogP contribution in [0.2, 0.25) is 5.02 Å². The van der Waals surface area contributed by atoms with Crippen LogP contribution in [0.15, 0.2) is 18.2 Å². The molecular weight excluding hydrogens is 234 g/mol. The zero-order valence-corrected chi connectivity index (χ0v) is 10.7. The predicted octanol–water partition coefficient (Wildman–Crippen LogP) is 3.21. The van der Waals surface area contributed by atoms with Crippen molar-refractivity contribution in [2.75, 3.05) is 11.4 Å². The van der Waals surface area contributed by atoms with Crippen LogP contribution in [0.1, 0.15) is 31.2 Å². The molecule has 0 radical (unpaired) electrons. The van der Waals surface area contributed by atoms with Crippen LogP contribution in [-0.4, -0.2) is 17.7 Å². The van der Waals surface area contributed by atoms with Crippen LogP contribution >= 0.6 is 11.6 Å². The van der Waals surface area contributed by atoms with Crippen molar-refractivity contribution in [2.24, 2.45) is 5.92 Å². The van der Waals surface area contributed by atoms with E-state index in [1.54, 1.807) is 0 Å². The number of rotatable bonds is 5. The minimum absolute atomic E-state index is 0.0190. The molecule has 0 unspecified atom stereocenters. The zero-order chi connectivity index (χ0) is 11.8. The highest BCUT2D eigenvalue weighted by molar-refractivity contribution is 6.31. The van der Waals surface area contributed by atoms with E-state index in [-0.39, 0.29) is 6.61 Å². The first-order valence-electron chi connectivity index (χ1n) is 6.44. The highest BCUT2D eigenvalue weighted by Crippen LogP contribution is 2.38. The Balaban J connectivity index is 1.81. The Morgan fingerprint density at radius 1 is 1.24 bits per heavy atom. The summed E-state index contributed by atoms with van der Waals surface area (Å²) < 4.78 is 0. The van der Waals surface area contributed by atoms with Crippen molar-refractivity contribution in [1.82, 2.24) is 0 Å². The third-order valence-electron chi connectivity index (χ3n) is 3.68. The number of benzene rings is 1. The number of hydrogen-bond acceptors (Lipinski definition) is 2. The van der Waals surface area contributed by atoms with E-state index in [1.165, 1.54) is 37.9 Å². The third-order valence-corrected chi connectivity index (χ3v) is 4.03. The molecule has 2 nitrogen and oxygen atoms in total.